The van der Waals surface area contributed by atoms with Crippen molar-refractivity contribution in [3.8, 4) is 0 Å². The number of aryl methyl sites for hydroxylation is 1. The monoisotopic (exact) mass is 397 g/mol. The standard InChI is InChI=1S/C21H23N3O3S/c1-14-15(2)28-21(23-20(25)17-7-5-11-27-17)18(14)19(16-6-3-4-8-22-16)24-9-12-26-13-10-24/h3-8,11,19H,9-10,12-13H2,1-2H3,(H,23,25). The molecule has 0 saturated carbocycles. The topological polar surface area (TPSA) is 67.6 Å². The Morgan fingerprint density at radius 1 is 1.21 bits per heavy atom. The van der Waals surface area contributed by atoms with Gasteiger partial charge in [0, 0.05) is 29.7 Å². The number of aromatic nitrogens is 1. The van der Waals surface area contributed by atoms with Gasteiger partial charge in [0.25, 0.3) is 5.91 Å². The molecule has 1 aliphatic rings. The molecule has 7 heteroatoms. The van der Waals surface area contributed by atoms with E-state index in [1.807, 2.05) is 24.4 Å². The maximum atomic E-state index is 12.6. The van der Waals surface area contributed by atoms with E-state index in [1.165, 1.54) is 16.7 Å². The van der Waals surface area contributed by atoms with Crippen molar-refractivity contribution in [2.75, 3.05) is 31.6 Å². The van der Waals surface area contributed by atoms with Gasteiger partial charge < -0.3 is 14.5 Å². The number of hydrogen-bond donors (Lipinski definition) is 1. The molecule has 3 aromatic heterocycles. The van der Waals surface area contributed by atoms with Gasteiger partial charge in [-0.1, -0.05) is 6.07 Å². The molecule has 4 rings (SSSR count). The van der Waals surface area contributed by atoms with Gasteiger partial charge in [0.2, 0.25) is 0 Å². The van der Waals surface area contributed by atoms with E-state index in [4.69, 9.17) is 9.15 Å². The summed E-state index contributed by atoms with van der Waals surface area (Å²) < 4.78 is 10.8. The Kier molecular flexibility index (Phi) is 5.57. The van der Waals surface area contributed by atoms with Crippen LogP contribution in [0.3, 0.4) is 0 Å². The minimum absolute atomic E-state index is 0.0399. The van der Waals surface area contributed by atoms with Gasteiger partial charge in [0.15, 0.2) is 5.76 Å². The number of nitrogens with one attached hydrogen (secondary N) is 1. The maximum absolute atomic E-state index is 12.6. The SMILES string of the molecule is Cc1sc(NC(=O)c2ccco2)c(C(c2ccccn2)N2CCOCC2)c1C. The predicted molar refractivity (Wildman–Crippen MR) is 109 cm³/mol. The van der Waals surface area contributed by atoms with Crippen molar-refractivity contribution in [2.24, 2.45) is 0 Å². The summed E-state index contributed by atoms with van der Waals surface area (Å²) >= 11 is 1.59. The minimum atomic E-state index is -0.241. The number of nitrogens with zero attached hydrogens (tertiary/aromatic N) is 2. The van der Waals surface area contributed by atoms with Crippen LogP contribution in [0.5, 0.6) is 0 Å². The molecule has 6 nitrogen and oxygen atoms in total. The highest BCUT2D eigenvalue weighted by molar-refractivity contribution is 7.16. The van der Waals surface area contributed by atoms with E-state index < -0.39 is 0 Å². The van der Waals surface area contributed by atoms with Crippen molar-refractivity contribution in [2.45, 2.75) is 19.9 Å². The first-order valence-electron chi connectivity index (χ1n) is 9.32. The molecule has 4 heterocycles. The fraction of sp³-hybridized carbons (Fsp3) is 0.333. The number of carbonyl (C=O) groups excluding carboxylic acids is 1. The van der Waals surface area contributed by atoms with Gasteiger partial charge >= 0.3 is 0 Å². The molecule has 1 fully saturated rings. The lowest BCUT2D eigenvalue weighted by molar-refractivity contribution is 0.0233. The summed E-state index contributed by atoms with van der Waals surface area (Å²) in [5.41, 5.74) is 3.25. The van der Waals surface area contributed by atoms with Gasteiger partial charge in [-0.05, 0) is 43.7 Å². The fourth-order valence-electron chi connectivity index (χ4n) is 3.53. The van der Waals surface area contributed by atoms with Crippen LogP contribution < -0.4 is 5.32 Å². The Bertz CT molecular complexity index is 931. The second-order valence-electron chi connectivity index (χ2n) is 6.76. The molecule has 1 aliphatic heterocycles. The van der Waals surface area contributed by atoms with E-state index in [9.17, 15) is 4.79 Å². The van der Waals surface area contributed by atoms with E-state index in [2.05, 4.69) is 29.0 Å². The van der Waals surface area contributed by atoms with Crippen molar-refractivity contribution in [1.82, 2.24) is 9.88 Å². The molecule has 0 spiro atoms. The average molecular weight is 398 g/mol. The van der Waals surface area contributed by atoms with Crippen LogP contribution in [0.25, 0.3) is 0 Å². The fourth-order valence-corrected chi connectivity index (χ4v) is 4.62. The number of hydrogen-bond acceptors (Lipinski definition) is 6. The number of morpholine rings is 1. The van der Waals surface area contributed by atoms with Crippen LogP contribution in [0, 0.1) is 13.8 Å². The van der Waals surface area contributed by atoms with Crippen molar-refractivity contribution >= 4 is 22.2 Å². The first kappa shape index (κ1) is 18.9. The molecule has 1 saturated heterocycles. The number of rotatable bonds is 5. The summed E-state index contributed by atoms with van der Waals surface area (Å²) in [5.74, 6) is 0.0599. The van der Waals surface area contributed by atoms with E-state index in [0.717, 1.165) is 29.3 Å². The Morgan fingerprint density at radius 2 is 2.04 bits per heavy atom. The molecule has 0 aliphatic carbocycles. The van der Waals surface area contributed by atoms with Crippen molar-refractivity contribution in [1.29, 1.82) is 0 Å². The third-order valence-electron chi connectivity index (χ3n) is 5.06. The van der Waals surface area contributed by atoms with Gasteiger partial charge in [-0.2, -0.15) is 0 Å². The third-order valence-corrected chi connectivity index (χ3v) is 6.19. The molecule has 146 valence electrons. The zero-order chi connectivity index (χ0) is 19.5. The molecule has 0 radical (unpaired) electrons. The summed E-state index contributed by atoms with van der Waals surface area (Å²) in [6.07, 6.45) is 3.32. The lowest BCUT2D eigenvalue weighted by Crippen LogP contribution is -2.40. The summed E-state index contributed by atoms with van der Waals surface area (Å²) in [4.78, 5) is 20.8. The zero-order valence-corrected chi connectivity index (χ0v) is 16.8. The molecule has 0 bridgehead atoms. The first-order chi connectivity index (χ1) is 13.6. The molecular formula is C21H23N3O3S. The quantitative estimate of drug-likeness (QED) is 0.704. The number of thiophene rings is 1. The van der Waals surface area contributed by atoms with Gasteiger partial charge in [0.05, 0.1) is 31.2 Å². The van der Waals surface area contributed by atoms with Crippen LogP contribution in [0.2, 0.25) is 0 Å². The summed E-state index contributed by atoms with van der Waals surface area (Å²) in [6, 6.07) is 9.31. The van der Waals surface area contributed by atoms with E-state index in [-0.39, 0.29) is 11.9 Å². The smallest absolute Gasteiger partial charge is 0.291 e. The lowest BCUT2D eigenvalue weighted by atomic mass is 9.98. The summed E-state index contributed by atoms with van der Waals surface area (Å²) in [6.45, 7) is 7.22. The highest BCUT2D eigenvalue weighted by atomic mass is 32.1. The number of pyridine rings is 1. The number of furan rings is 1. The van der Waals surface area contributed by atoms with E-state index >= 15 is 0 Å². The van der Waals surface area contributed by atoms with Gasteiger partial charge in [-0.3, -0.25) is 14.7 Å². The molecule has 1 amide bonds. The van der Waals surface area contributed by atoms with Crippen molar-refractivity contribution < 1.29 is 13.9 Å². The van der Waals surface area contributed by atoms with Crippen molar-refractivity contribution in [3.63, 3.8) is 0 Å². The summed E-state index contributed by atoms with van der Waals surface area (Å²) in [5, 5.41) is 3.91. The Morgan fingerprint density at radius 3 is 2.71 bits per heavy atom. The lowest BCUT2D eigenvalue weighted by Gasteiger charge is -2.35. The molecule has 3 aromatic rings. The molecular weight excluding hydrogens is 374 g/mol. The van der Waals surface area contributed by atoms with Gasteiger partial charge in [-0.15, -0.1) is 11.3 Å². The van der Waals surface area contributed by atoms with E-state index in [1.54, 1.807) is 23.5 Å². The third kappa shape index (κ3) is 3.73. The molecule has 1 unspecified atom stereocenters. The average Bonchev–Trinajstić information content (AvgIpc) is 3.35. The van der Waals surface area contributed by atoms with Crippen LogP contribution in [-0.4, -0.2) is 42.1 Å². The number of amides is 1. The molecule has 1 N–H and O–H groups in total. The van der Waals surface area contributed by atoms with Gasteiger partial charge in [0.1, 0.15) is 5.00 Å². The van der Waals surface area contributed by atoms with Gasteiger partial charge in [-0.25, -0.2) is 0 Å². The maximum Gasteiger partial charge on any atom is 0.291 e. The second-order valence-corrected chi connectivity index (χ2v) is 7.99. The first-order valence-corrected chi connectivity index (χ1v) is 10.1. The normalized spacial score (nSPS) is 16.1. The van der Waals surface area contributed by atoms with Crippen LogP contribution in [0.15, 0.2) is 47.2 Å². The Hall–Kier alpha value is -2.48. The molecule has 0 aromatic carbocycles. The van der Waals surface area contributed by atoms with E-state index in [0.29, 0.717) is 19.0 Å². The van der Waals surface area contributed by atoms with Crippen LogP contribution in [0.1, 0.15) is 38.3 Å². The Labute approximate surface area is 168 Å². The predicted octanol–water partition coefficient (Wildman–Crippen LogP) is 4.03. The van der Waals surface area contributed by atoms with Crippen LogP contribution in [0.4, 0.5) is 5.00 Å². The zero-order valence-electron chi connectivity index (χ0n) is 16.0. The summed E-state index contributed by atoms with van der Waals surface area (Å²) in [7, 11) is 0. The van der Waals surface area contributed by atoms with Crippen LogP contribution >= 0.6 is 11.3 Å². The number of carbonyl (C=O) groups is 1. The van der Waals surface area contributed by atoms with Crippen LogP contribution in [-0.2, 0) is 4.74 Å². The second kappa shape index (κ2) is 8.26. The highest BCUT2D eigenvalue weighted by Crippen LogP contribution is 2.42. The highest BCUT2D eigenvalue weighted by Gasteiger charge is 2.31. The largest absolute Gasteiger partial charge is 0.459 e. The van der Waals surface area contributed by atoms with Crippen molar-refractivity contribution in [3.05, 3.63) is 70.3 Å². The number of ether oxygens (including phenoxy) is 1. The molecule has 28 heavy (non-hydrogen) atoms. The Balaban J connectivity index is 1.76. The molecule has 1 atom stereocenters. The number of anilines is 1. The minimum Gasteiger partial charge on any atom is -0.459 e.